The fourth-order valence-corrected chi connectivity index (χ4v) is 1.64. The smallest absolute Gasteiger partial charge is 0.241 e. The van der Waals surface area contributed by atoms with E-state index < -0.39 is 0 Å². The third-order valence-corrected chi connectivity index (χ3v) is 2.89. The first-order valence-corrected chi connectivity index (χ1v) is 5.94. The van der Waals surface area contributed by atoms with Gasteiger partial charge >= 0.3 is 0 Å². The summed E-state index contributed by atoms with van der Waals surface area (Å²) >= 11 is 0. The van der Waals surface area contributed by atoms with E-state index in [1.165, 1.54) is 6.33 Å². The highest BCUT2D eigenvalue weighted by molar-refractivity contribution is 5.94. The monoisotopic (exact) mass is 260 g/mol. The first kappa shape index (κ1) is 13.2. The van der Waals surface area contributed by atoms with Gasteiger partial charge in [-0.3, -0.25) is 4.79 Å². The summed E-state index contributed by atoms with van der Waals surface area (Å²) in [6, 6.07) is 5.34. The molecule has 19 heavy (non-hydrogen) atoms. The summed E-state index contributed by atoms with van der Waals surface area (Å²) in [6.45, 7) is 3.74. The second-order valence-electron chi connectivity index (χ2n) is 4.26. The Kier molecular flexibility index (Phi) is 3.86. The van der Waals surface area contributed by atoms with Crippen molar-refractivity contribution in [3.8, 4) is 5.69 Å². The Labute approximate surface area is 111 Å². The maximum Gasteiger partial charge on any atom is 0.241 e. The SMILES string of the molecule is CNC(C)C(=O)Nc1ccc(-n2cnnn2)c(C)c1. The van der Waals surface area contributed by atoms with Crippen LogP contribution in [0.4, 0.5) is 5.69 Å². The molecule has 100 valence electrons. The molecule has 7 heteroatoms. The van der Waals surface area contributed by atoms with Crippen molar-refractivity contribution in [2.24, 2.45) is 0 Å². The minimum absolute atomic E-state index is 0.0722. The number of anilines is 1. The Balaban J connectivity index is 2.18. The van der Waals surface area contributed by atoms with Crippen LogP contribution < -0.4 is 10.6 Å². The molecule has 2 N–H and O–H groups in total. The maximum absolute atomic E-state index is 11.8. The van der Waals surface area contributed by atoms with Crippen molar-refractivity contribution in [2.45, 2.75) is 19.9 Å². The topological polar surface area (TPSA) is 84.7 Å². The lowest BCUT2D eigenvalue weighted by Crippen LogP contribution is -2.35. The summed E-state index contributed by atoms with van der Waals surface area (Å²) in [5.41, 5.74) is 2.60. The van der Waals surface area contributed by atoms with Gasteiger partial charge < -0.3 is 10.6 Å². The van der Waals surface area contributed by atoms with Crippen LogP contribution in [0.1, 0.15) is 12.5 Å². The van der Waals surface area contributed by atoms with Gasteiger partial charge in [-0.05, 0) is 55.1 Å². The molecule has 0 bridgehead atoms. The molecule has 1 heterocycles. The lowest BCUT2D eigenvalue weighted by molar-refractivity contribution is -0.117. The molecule has 0 fully saturated rings. The number of hydrogen-bond acceptors (Lipinski definition) is 5. The normalized spacial score (nSPS) is 12.2. The molecular weight excluding hydrogens is 244 g/mol. The molecule has 1 unspecified atom stereocenters. The van der Waals surface area contributed by atoms with Crippen LogP contribution in [0.15, 0.2) is 24.5 Å². The lowest BCUT2D eigenvalue weighted by atomic mass is 10.1. The Morgan fingerprint density at radius 1 is 1.42 bits per heavy atom. The van der Waals surface area contributed by atoms with Gasteiger partial charge in [-0.1, -0.05) is 0 Å². The first-order chi connectivity index (χ1) is 9.11. The molecule has 0 spiro atoms. The fourth-order valence-electron chi connectivity index (χ4n) is 1.64. The van der Waals surface area contributed by atoms with Crippen molar-refractivity contribution >= 4 is 11.6 Å². The van der Waals surface area contributed by atoms with E-state index in [9.17, 15) is 4.79 Å². The van der Waals surface area contributed by atoms with Gasteiger partial charge in [0, 0.05) is 5.69 Å². The summed E-state index contributed by atoms with van der Waals surface area (Å²) in [5.74, 6) is -0.0722. The van der Waals surface area contributed by atoms with E-state index in [0.29, 0.717) is 0 Å². The lowest BCUT2D eigenvalue weighted by Gasteiger charge is -2.12. The molecule has 0 aliphatic carbocycles. The number of aryl methyl sites for hydroxylation is 1. The number of benzene rings is 1. The van der Waals surface area contributed by atoms with E-state index in [1.807, 2.05) is 25.1 Å². The molecule has 0 radical (unpaired) electrons. The number of hydrogen-bond donors (Lipinski definition) is 2. The van der Waals surface area contributed by atoms with E-state index in [2.05, 4.69) is 26.2 Å². The number of likely N-dealkylation sites (N-methyl/N-ethyl adjacent to an activating group) is 1. The predicted molar refractivity (Wildman–Crippen MR) is 71.0 cm³/mol. The zero-order valence-corrected chi connectivity index (χ0v) is 11.1. The van der Waals surface area contributed by atoms with Crippen LogP contribution in [0.25, 0.3) is 5.69 Å². The highest BCUT2D eigenvalue weighted by atomic mass is 16.2. The third-order valence-electron chi connectivity index (χ3n) is 2.89. The van der Waals surface area contributed by atoms with Crippen LogP contribution in [0.2, 0.25) is 0 Å². The van der Waals surface area contributed by atoms with Gasteiger partial charge in [0.05, 0.1) is 11.7 Å². The third kappa shape index (κ3) is 2.94. The van der Waals surface area contributed by atoms with Gasteiger partial charge in [0.1, 0.15) is 6.33 Å². The Morgan fingerprint density at radius 3 is 2.79 bits per heavy atom. The number of amides is 1. The van der Waals surface area contributed by atoms with Crippen LogP contribution in [0, 0.1) is 6.92 Å². The van der Waals surface area contributed by atoms with E-state index in [-0.39, 0.29) is 11.9 Å². The predicted octanol–water partition coefficient (Wildman–Crippen LogP) is 0.517. The first-order valence-electron chi connectivity index (χ1n) is 5.94. The zero-order valence-electron chi connectivity index (χ0n) is 11.1. The molecule has 2 rings (SSSR count). The molecule has 1 amide bonds. The molecule has 1 aromatic heterocycles. The highest BCUT2D eigenvalue weighted by Crippen LogP contribution is 2.17. The average Bonchev–Trinajstić information content (AvgIpc) is 2.91. The number of carbonyl (C=O) groups is 1. The van der Waals surface area contributed by atoms with Crippen LogP contribution in [-0.4, -0.2) is 39.2 Å². The largest absolute Gasteiger partial charge is 0.325 e. The minimum atomic E-state index is -0.237. The highest BCUT2D eigenvalue weighted by Gasteiger charge is 2.11. The quantitative estimate of drug-likeness (QED) is 0.837. The molecule has 1 aromatic carbocycles. The summed E-state index contributed by atoms with van der Waals surface area (Å²) in [4.78, 5) is 11.8. The van der Waals surface area contributed by atoms with Gasteiger partial charge in [-0.25, -0.2) is 4.68 Å². The zero-order chi connectivity index (χ0) is 13.8. The number of tetrazole rings is 1. The molecule has 2 aromatic rings. The van der Waals surface area contributed by atoms with E-state index >= 15 is 0 Å². The van der Waals surface area contributed by atoms with Crippen molar-refractivity contribution in [2.75, 3.05) is 12.4 Å². The number of carbonyl (C=O) groups excluding carboxylic acids is 1. The van der Waals surface area contributed by atoms with E-state index in [0.717, 1.165) is 16.9 Å². The molecule has 0 saturated carbocycles. The van der Waals surface area contributed by atoms with Crippen molar-refractivity contribution in [3.05, 3.63) is 30.1 Å². The molecule has 1 atom stereocenters. The number of nitrogens with zero attached hydrogens (tertiary/aromatic N) is 4. The van der Waals surface area contributed by atoms with Crippen LogP contribution in [0.3, 0.4) is 0 Å². The maximum atomic E-state index is 11.8. The molecular formula is C12H16N6O. The Bertz CT molecular complexity index is 566. The Hall–Kier alpha value is -2.28. The molecule has 0 aliphatic heterocycles. The summed E-state index contributed by atoms with van der Waals surface area (Å²) in [7, 11) is 1.75. The second kappa shape index (κ2) is 5.57. The van der Waals surface area contributed by atoms with Crippen molar-refractivity contribution in [1.29, 1.82) is 0 Å². The summed E-state index contributed by atoms with van der Waals surface area (Å²) in [5, 5.41) is 16.8. The molecule has 0 aliphatic rings. The van der Waals surface area contributed by atoms with Gasteiger partial charge in [-0.2, -0.15) is 0 Å². The van der Waals surface area contributed by atoms with Crippen molar-refractivity contribution < 1.29 is 4.79 Å². The summed E-state index contributed by atoms with van der Waals surface area (Å²) < 4.78 is 1.58. The Morgan fingerprint density at radius 2 is 2.21 bits per heavy atom. The van der Waals surface area contributed by atoms with Crippen LogP contribution in [-0.2, 0) is 4.79 Å². The second-order valence-corrected chi connectivity index (χ2v) is 4.26. The van der Waals surface area contributed by atoms with E-state index in [1.54, 1.807) is 18.7 Å². The van der Waals surface area contributed by atoms with E-state index in [4.69, 9.17) is 0 Å². The van der Waals surface area contributed by atoms with Gasteiger partial charge in [0.25, 0.3) is 0 Å². The van der Waals surface area contributed by atoms with Crippen molar-refractivity contribution in [1.82, 2.24) is 25.5 Å². The molecule has 7 nitrogen and oxygen atoms in total. The standard InChI is InChI=1S/C12H16N6O/c1-8-6-10(15-12(19)9(2)13-3)4-5-11(8)18-7-14-16-17-18/h4-7,9,13H,1-3H3,(H,15,19). The van der Waals surface area contributed by atoms with Crippen LogP contribution in [0.5, 0.6) is 0 Å². The summed E-state index contributed by atoms with van der Waals surface area (Å²) in [6.07, 6.45) is 1.53. The molecule has 0 saturated heterocycles. The van der Waals surface area contributed by atoms with Crippen LogP contribution >= 0.6 is 0 Å². The number of rotatable bonds is 4. The number of nitrogens with one attached hydrogen (secondary N) is 2. The van der Waals surface area contributed by atoms with Gasteiger partial charge in [0.15, 0.2) is 0 Å². The number of aromatic nitrogens is 4. The van der Waals surface area contributed by atoms with Gasteiger partial charge in [0.2, 0.25) is 5.91 Å². The minimum Gasteiger partial charge on any atom is -0.325 e. The average molecular weight is 260 g/mol. The van der Waals surface area contributed by atoms with Gasteiger partial charge in [-0.15, -0.1) is 5.10 Å². The van der Waals surface area contributed by atoms with Crippen molar-refractivity contribution in [3.63, 3.8) is 0 Å². The fraction of sp³-hybridized carbons (Fsp3) is 0.333.